The number of hydrogen-bond donors (Lipinski definition) is 15. The molecule has 82 heavy (non-hydrogen) atoms. The van der Waals surface area contributed by atoms with Crippen molar-refractivity contribution in [1.29, 1.82) is 0 Å². The number of aliphatic hydroxyl groups is 2. The Hall–Kier alpha value is -6.91. The van der Waals surface area contributed by atoms with Gasteiger partial charge in [0.25, 0.3) is 0 Å². The zero-order valence-corrected chi connectivity index (χ0v) is 49.3. The fraction of sp³-hybridized carbons (Fsp3) is 0.667. The Labute approximate surface area is 482 Å². The summed E-state index contributed by atoms with van der Waals surface area (Å²) in [6.07, 6.45) is -2.56. The number of nitrogens with one attached hydrogen (secondary N) is 9. The largest absolute Gasteiger partial charge is 0.481 e. The van der Waals surface area contributed by atoms with E-state index in [0.29, 0.717) is 5.56 Å². The summed E-state index contributed by atoms with van der Waals surface area (Å²) in [5.74, 6) is -13.7. The Morgan fingerprint density at radius 3 is 1.16 bits per heavy atom. The number of carboxylic acids is 3. The molecule has 0 saturated heterocycles. The first-order valence-corrected chi connectivity index (χ1v) is 28.7. The molecular formula is C54H88N10O17S. The Bertz CT molecular complexity index is 2310. The van der Waals surface area contributed by atoms with Gasteiger partial charge in [-0.05, 0) is 86.7 Å². The maximum Gasteiger partial charge on any atom is 0.326 e. The van der Waals surface area contributed by atoms with Crippen LogP contribution in [0, 0.1) is 23.7 Å². The van der Waals surface area contributed by atoms with E-state index in [1.165, 1.54) is 18.7 Å². The SMILES string of the molecule is CSCC[C@H](NC(=O)[C@H](CCC(=O)O)NC(=O)[C@H](CCC(=O)O)NC(=O)[C@H](CC(C)C)NC(=O)[C@H](CC(C)C)NC(=O)[C@@H](N)CO)C(=O)N[C@@H](Cc1ccccc1)C(=O)N[C@@H](CC(C)C)C(=O)N[C@H](C(=O)N[C@H](C(=O)O)C(C)C)[C@@H](C)O. The molecule has 9 amide bonds. The van der Waals surface area contributed by atoms with E-state index in [2.05, 4.69) is 47.9 Å². The smallest absolute Gasteiger partial charge is 0.326 e. The molecule has 28 heteroatoms. The molecule has 0 radical (unpaired) electrons. The number of nitrogens with two attached hydrogens (primary N) is 1. The lowest BCUT2D eigenvalue weighted by atomic mass is 9.99. The van der Waals surface area contributed by atoms with E-state index in [1.54, 1.807) is 92.0 Å². The van der Waals surface area contributed by atoms with E-state index in [1.807, 2.05) is 0 Å². The summed E-state index contributed by atoms with van der Waals surface area (Å²) in [5.41, 5.74) is 6.20. The van der Waals surface area contributed by atoms with Gasteiger partial charge in [-0.1, -0.05) is 85.7 Å². The van der Waals surface area contributed by atoms with Crippen molar-refractivity contribution in [2.75, 3.05) is 18.6 Å². The highest BCUT2D eigenvalue weighted by atomic mass is 32.2. The van der Waals surface area contributed by atoms with Gasteiger partial charge in [-0.3, -0.25) is 52.7 Å². The van der Waals surface area contributed by atoms with Crippen LogP contribution in [0.25, 0.3) is 0 Å². The summed E-state index contributed by atoms with van der Waals surface area (Å²) in [6, 6.07) is -6.33. The van der Waals surface area contributed by atoms with Crippen LogP contribution >= 0.6 is 11.8 Å². The summed E-state index contributed by atoms with van der Waals surface area (Å²) < 4.78 is 0. The van der Waals surface area contributed by atoms with Gasteiger partial charge in [0.15, 0.2) is 0 Å². The molecule has 0 aromatic heterocycles. The van der Waals surface area contributed by atoms with Crippen molar-refractivity contribution < 1.29 is 83.1 Å². The minimum absolute atomic E-state index is 0.0182. The summed E-state index contributed by atoms with van der Waals surface area (Å²) >= 11 is 1.28. The van der Waals surface area contributed by atoms with E-state index in [-0.39, 0.29) is 55.6 Å². The van der Waals surface area contributed by atoms with Crippen LogP contribution in [0.3, 0.4) is 0 Å². The van der Waals surface area contributed by atoms with Crippen LogP contribution in [-0.4, -0.2) is 182 Å². The van der Waals surface area contributed by atoms with Gasteiger partial charge in [-0.2, -0.15) is 11.8 Å². The summed E-state index contributed by atoms with van der Waals surface area (Å²) in [4.78, 5) is 160. The third kappa shape index (κ3) is 27.7. The third-order valence-electron chi connectivity index (χ3n) is 12.6. The average Bonchev–Trinajstić information content (AvgIpc) is 3.38. The van der Waals surface area contributed by atoms with Gasteiger partial charge < -0.3 is 79.1 Å². The molecule has 1 rings (SSSR count). The Balaban J connectivity index is 3.67. The molecule has 1 aromatic carbocycles. The number of hydrogen-bond acceptors (Lipinski definition) is 16. The first-order chi connectivity index (χ1) is 38.3. The minimum Gasteiger partial charge on any atom is -0.481 e. The van der Waals surface area contributed by atoms with Crippen molar-refractivity contribution >= 4 is 82.8 Å². The van der Waals surface area contributed by atoms with Gasteiger partial charge in [-0.15, -0.1) is 0 Å². The van der Waals surface area contributed by atoms with Gasteiger partial charge in [0, 0.05) is 19.3 Å². The van der Waals surface area contributed by atoms with Crippen LogP contribution in [0.4, 0.5) is 0 Å². The second-order valence-electron chi connectivity index (χ2n) is 21.7. The zero-order valence-electron chi connectivity index (χ0n) is 48.4. The molecule has 0 fully saturated rings. The number of amides is 9. The topological polar surface area (TPSA) is 440 Å². The Morgan fingerprint density at radius 1 is 0.463 bits per heavy atom. The minimum atomic E-state index is -1.74. The lowest BCUT2D eigenvalue weighted by Crippen LogP contribution is -2.62. The van der Waals surface area contributed by atoms with Crippen LogP contribution in [0.15, 0.2) is 30.3 Å². The molecule has 0 bridgehead atoms. The molecular weight excluding hydrogens is 1090 g/mol. The maximum absolute atomic E-state index is 14.4. The van der Waals surface area contributed by atoms with Crippen LogP contribution in [-0.2, 0) is 64.0 Å². The van der Waals surface area contributed by atoms with Crippen LogP contribution < -0.4 is 53.6 Å². The van der Waals surface area contributed by atoms with Gasteiger partial charge >= 0.3 is 17.9 Å². The van der Waals surface area contributed by atoms with E-state index in [4.69, 9.17) is 5.73 Å². The fourth-order valence-corrected chi connectivity index (χ4v) is 8.63. The summed E-state index contributed by atoms with van der Waals surface area (Å²) in [5, 5.41) is 71.3. The molecule has 0 aliphatic heterocycles. The van der Waals surface area contributed by atoms with Crippen LogP contribution in [0.1, 0.15) is 119 Å². The van der Waals surface area contributed by atoms with Crippen molar-refractivity contribution in [2.45, 2.75) is 187 Å². The number of aliphatic hydroxyl groups excluding tert-OH is 2. The first-order valence-electron chi connectivity index (χ1n) is 27.3. The second-order valence-corrected chi connectivity index (χ2v) is 22.7. The number of carboxylic acid groups (broad SMARTS) is 3. The normalized spacial score (nSPS) is 15.4. The Kier molecular flexibility index (Phi) is 33.2. The molecule has 0 aliphatic carbocycles. The third-order valence-corrected chi connectivity index (χ3v) is 13.2. The van der Waals surface area contributed by atoms with Gasteiger partial charge in [-0.25, -0.2) is 4.79 Å². The molecule has 0 aliphatic rings. The number of rotatable bonds is 39. The highest BCUT2D eigenvalue weighted by Crippen LogP contribution is 2.14. The van der Waals surface area contributed by atoms with Crippen molar-refractivity contribution in [3.8, 4) is 0 Å². The fourth-order valence-electron chi connectivity index (χ4n) is 8.16. The quantitative estimate of drug-likeness (QED) is 0.0362. The lowest BCUT2D eigenvalue weighted by Gasteiger charge is -2.29. The maximum atomic E-state index is 14.4. The molecule has 0 unspecified atom stereocenters. The molecule has 0 saturated carbocycles. The first kappa shape index (κ1) is 73.1. The van der Waals surface area contributed by atoms with Crippen LogP contribution in [0.5, 0.6) is 0 Å². The highest BCUT2D eigenvalue weighted by molar-refractivity contribution is 7.98. The van der Waals surface area contributed by atoms with E-state index >= 15 is 0 Å². The monoisotopic (exact) mass is 1180 g/mol. The highest BCUT2D eigenvalue weighted by Gasteiger charge is 2.37. The van der Waals surface area contributed by atoms with E-state index < -0.39 is 176 Å². The van der Waals surface area contributed by atoms with Crippen molar-refractivity contribution in [3.05, 3.63) is 35.9 Å². The molecule has 16 N–H and O–H groups in total. The van der Waals surface area contributed by atoms with Gasteiger partial charge in [0.2, 0.25) is 53.2 Å². The standard InChI is InChI=1S/C54H88N10O17S/c1-27(2)22-37(59-45(71)33(55)26-65)50(76)60-38(23-28(3)4)49(75)57-35(17-19-42(69)70)46(72)56-34(16-18-41(67)68)47(73)58-36(20-21-82-10)48(74)62-40(25-32-14-12-11-13-15-32)51(77)61-39(24-29(5)6)52(78)64-44(31(9)66)53(79)63-43(30(7)8)54(80)81/h11-15,27-31,33-40,43-44,65-66H,16-26,55H2,1-10H3,(H,56,72)(H,57,75)(H,58,73)(H,59,71)(H,60,76)(H,61,77)(H,62,74)(H,63,79)(H,64,78)(H,67,68)(H,69,70)(H,80,81)/t31-,33+,34+,35+,36+,37+,38+,39+,40+,43+,44+/m1/s1. The molecule has 462 valence electrons. The van der Waals surface area contributed by atoms with Crippen LogP contribution in [0.2, 0.25) is 0 Å². The van der Waals surface area contributed by atoms with Crippen molar-refractivity contribution in [1.82, 2.24) is 47.9 Å². The van der Waals surface area contributed by atoms with E-state index in [9.17, 15) is 83.1 Å². The summed E-state index contributed by atoms with van der Waals surface area (Å²) in [6.45, 7) is 14.1. The molecule has 11 atom stereocenters. The number of carbonyl (C=O) groups is 12. The molecule has 0 spiro atoms. The van der Waals surface area contributed by atoms with Crippen molar-refractivity contribution in [2.24, 2.45) is 29.4 Å². The predicted molar refractivity (Wildman–Crippen MR) is 302 cm³/mol. The summed E-state index contributed by atoms with van der Waals surface area (Å²) in [7, 11) is 0. The average molecular weight is 1180 g/mol. The number of benzene rings is 1. The van der Waals surface area contributed by atoms with E-state index in [0.717, 1.165) is 0 Å². The number of thioether (sulfide) groups is 1. The molecule has 1 aromatic rings. The number of aliphatic carboxylic acids is 3. The molecule has 0 heterocycles. The van der Waals surface area contributed by atoms with Crippen molar-refractivity contribution in [3.63, 3.8) is 0 Å². The molecule has 27 nitrogen and oxygen atoms in total. The van der Waals surface area contributed by atoms with Gasteiger partial charge in [0.05, 0.1) is 12.7 Å². The van der Waals surface area contributed by atoms with Gasteiger partial charge in [0.1, 0.15) is 60.4 Å². The number of carbonyl (C=O) groups excluding carboxylic acids is 9. The predicted octanol–water partition coefficient (Wildman–Crippen LogP) is -1.35. The lowest BCUT2D eigenvalue weighted by molar-refractivity contribution is -0.144. The second kappa shape index (κ2) is 37.2. The Morgan fingerprint density at radius 2 is 0.805 bits per heavy atom. The zero-order chi connectivity index (χ0) is 62.6.